The Morgan fingerprint density at radius 1 is 1.20 bits per heavy atom. The first kappa shape index (κ1) is 21.9. The lowest BCUT2D eigenvalue weighted by Gasteiger charge is -2.22. The van der Waals surface area contributed by atoms with Crippen molar-refractivity contribution in [1.29, 1.82) is 0 Å². The van der Waals surface area contributed by atoms with Gasteiger partial charge in [-0.3, -0.25) is 14.5 Å². The van der Waals surface area contributed by atoms with Crippen LogP contribution in [0, 0.1) is 0 Å². The zero-order chi connectivity index (χ0) is 22.1. The smallest absolute Gasteiger partial charge is 0.325 e. The van der Waals surface area contributed by atoms with Crippen molar-refractivity contribution in [1.82, 2.24) is 10.2 Å². The molecule has 1 aliphatic rings. The van der Waals surface area contributed by atoms with Crippen molar-refractivity contribution >= 4 is 51.1 Å². The van der Waals surface area contributed by atoms with Crippen LogP contribution in [-0.4, -0.2) is 43.5 Å². The normalized spacial score (nSPS) is 18.2. The van der Waals surface area contributed by atoms with Gasteiger partial charge in [-0.15, -0.1) is 0 Å². The first-order valence-corrected chi connectivity index (χ1v) is 9.98. The van der Waals surface area contributed by atoms with E-state index in [1.54, 1.807) is 25.1 Å². The number of halogens is 2. The number of benzene rings is 2. The van der Waals surface area contributed by atoms with Crippen LogP contribution in [0.15, 0.2) is 40.9 Å². The molecule has 4 amide bonds. The van der Waals surface area contributed by atoms with E-state index in [9.17, 15) is 14.4 Å². The van der Waals surface area contributed by atoms with Gasteiger partial charge in [0.25, 0.3) is 5.91 Å². The first-order chi connectivity index (χ1) is 14.2. The predicted molar refractivity (Wildman–Crippen MR) is 115 cm³/mol. The average Bonchev–Trinajstić information content (AvgIpc) is 2.93. The molecule has 1 heterocycles. The molecule has 8 nitrogen and oxygen atoms in total. The molecule has 0 aromatic heterocycles. The number of urea groups is 1. The summed E-state index contributed by atoms with van der Waals surface area (Å²) in [5.41, 5.74) is -0.379. The van der Waals surface area contributed by atoms with Gasteiger partial charge in [-0.1, -0.05) is 39.7 Å². The number of amides is 4. The highest BCUT2D eigenvalue weighted by Gasteiger charge is 2.49. The molecular formula is C20H19BrClN3O5. The molecule has 2 aromatic carbocycles. The molecule has 0 radical (unpaired) electrons. The first-order valence-electron chi connectivity index (χ1n) is 8.81. The van der Waals surface area contributed by atoms with Crippen LogP contribution >= 0.6 is 27.5 Å². The Bertz CT molecular complexity index is 1030. The summed E-state index contributed by atoms with van der Waals surface area (Å²) < 4.78 is 11.1. The van der Waals surface area contributed by atoms with Gasteiger partial charge in [0.1, 0.15) is 23.6 Å². The highest BCUT2D eigenvalue weighted by molar-refractivity contribution is 9.10. The summed E-state index contributed by atoms with van der Waals surface area (Å²) in [6.07, 6.45) is 0. The van der Waals surface area contributed by atoms with E-state index in [-0.39, 0.29) is 0 Å². The van der Waals surface area contributed by atoms with Gasteiger partial charge in [-0.2, -0.15) is 0 Å². The van der Waals surface area contributed by atoms with Gasteiger partial charge >= 0.3 is 6.03 Å². The van der Waals surface area contributed by atoms with Gasteiger partial charge in [0.2, 0.25) is 5.91 Å². The van der Waals surface area contributed by atoms with Gasteiger partial charge in [0.15, 0.2) is 0 Å². The quantitative estimate of drug-likeness (QED) is 0.597. The van der Waals surface area contributed by atoms with E-state index in [2.05, 4.69) is 26.6 Å². The summed E-state index contributed by atoms with van der Waals surface area (Å²) in [6.45, 7) is 1.13. The SMILES string of the molecule is COc1cc(NC(=O)CN2C(=O)N[C@@](C)(c3cccc(Br)c3)C2=O)c(OC)cc1Cl. The fraction of sp³-hybridized carbons (Fsp3) is 0.250. The average molecular weight is 497 g/mol. The number of hydrogen-bond donors (Lipinski definition) is 2. The Kier molecular flexibility index (Phi) is 6.23. The third kappa shape index (κ3) is 4.08. The second kappa shape index (κ2) is 8.53. The van der Waals surface area contributed by atoms with Gasteiger partial charge in [-0.25, -0.2) is 4.79 Å². The number of methoxy groups -OCH3 is 2. The standard InChI is InChI=1S/C20H19BrClN3O5/c1-20(11-5-4-6-12(21)7-11)18(27)25(19(28)24-20)10-17(26)23-14-9-15(29-2)13(22)8-16(14)30-3/h4-9H,10H2,1-3H3,(H,23,26)(H,24,28)/t20-/m0/s1. The molecule has 2 N–H and O–H groups in total. The number of carbonyl (C=O) groups is 3. The number of rotatable bonds is 6. The number of ether oxygens (including phenoxy) is 2. The minimum atomic E-state index is -1.28. The van der Waals surface area contributed by atoms with Crippen molar-refractivity contribution in [3.05, 3.63) is 51.5 Å². The fourth-order valence-corrected chi connectivity index (χ4v) is 3.76. The van der Waals surface area contributed by atoms with E-state index in [4.69, 9.17) is 21.1 Å². The summed E-state index contributed by atoms with van der Waals surface area (Å²) >= 11 is 9.42. The molecule has 30 heavy (non-hydrogen) atoms. The van der Waals surface area contributed by atoms with Gasteiger partial charge in [0.05, 0.1) is 24.9 Å². The van der Waals surface area contributed by atoms with Crippen LogP contribution in [0.3, 0.4) is 0 Å². The van der Waals surface area contributed by atoms with Crippen LogP contribution in [0.2, 0.25) is 5.02 Å². The Hall–Kier alpha value is -2.78. The van der Waals surface area contributed by atoms with E-state index >= 15 is 0 Å². The summed E-state index contributed by atoms with van der Waals surface area (Å²) in [5.74, 6) is -0.462. The van der Waals surface area contributed by atoms with Crippen molar-refractivity contribution in [2.45, 2.75) is 12.5 Å². The monoisotopic (exact) mass is 495 g/mol. The van der Waals surface area contributed by atoms with Crippen molar-refractivity contribution in [3.8, 4) is 11.5 Å². The maximum Gasteiger partial charge on any atom is 0.325 e. The second-order valence-electron chi connectivity index (χ2n) is 6.69. The third-order valence-electron chi connectivity index (χ3n) is 4.73. The van der Waals surface area contributed by atoms with Gasteiger partial charge in [-0.05, 0) is 24.6 Å². The molecule has 3 rings (SSSR count). The highest BCUT2D eigenvalue weighted by atomic mass is 79.9. The molecule has 2 aromatic rings. The minimum Gasteiger partial charge on any atom is -0.495 e. The highest BCUT2D eigenvalue weighted by Crippen LogP contribution is 2.36. The molecule has 158 valence electrons. The summed E-state index contributed by atoms with van der Waals surface area (Å²) in [6, 6.07) is 9.39. The largest absolute Gasteiger partial charge is 0.495 e. The van der Waals surface area contributed by atoms with Crippen LogP contribution in [0.25, 0.3) is 0 Å². The number of nitrogens with one attached hydrogen (secondary N) is 2. The number of nitrogens with zero attached hydrogens (tertiary/aromatic N) is 1. The van der Waals surface area contributed by atoms with E-state index in [0.717, 1.165) is 9.37 Å². The van der Waals surface area contributed by atoms with Crippen LogP contribution < -0.4 is 20.1 Å². The zero-order valence-electron chi connectivity index (χ0n) is 16.4. The number of anilines is 1. The molecule has 1 aliphatic heterocycles. The lowest BCUT2D eigenvalue weighted by atomic mass is 9.92. The molecule has 0 spiro atoms. The number of imide groups is 1. The predicted octanol–water partition coefficient (Wildman–Crippen LogP) is 3.53. The Balaban J connectivity index is 1.79. The van der Waals surface area contributed by atoms with Crippen molar-refractivity contribution in [2.24, 2.45) is 0 Å². The summed E-state index contributed by atoms with van der Waals surface area (Å²) in [5, 5.41) is 5.60. The van der Waals surface area contributed by atoms with E-state index in [1.165, 1.54) is 26.4 Å². The minimum absolute atomic E-state index is 0.297. The zero-order valence-corrected chi connectivity index (χ0v) is 18.8. The van der Waals surface area contributed by atoms with E-state index in [1.807, 2.05) is 6.07 Å². The lowest BCUT2D eigenvalue weighted by molar-refractivity contribution is -0.133. The number of carbonyl (C=O) groups excluding carboxylic acids is 3. The Labute approximate surface area is 186 Å². The van der Waals surface area contributed by atoms with Crippen LogP contribution in [-0.2, 0) is 15.1 Å². The van der Waals surface area contributed by atoms with Crippen molar-refractivity contribution in [3.63, 3.8) is 0 Å². The Morgan fingerprint density at radius 2 is 1.90 bits per heavy atom. The molecule has 1 saturated heterocycles. The van der Waals surface area contributed by atoms with Crippen molar-refractivity contribution in [2.75, 3.05) is 26.1 Å². The maximum absolute atomic E-state index is 13.0. The second-order valence-corrected chi connectivity index (χ2v) is 8.01. The fourth-order valence-electron chi connectivity index (χ4n) is 3.13. The number of hydrogen-bond acceptors (Lipinski definition) is 5. The molecule has 0 saturated carbocycles. The van der Waals surface area contributed by atoms with E-state index in [0.29, 0.717) is 27.8 Å². The molecule has 0 bridgehead atoms. The summed E-state index contributed by atoms with van der Waals surface area (Å²) in [7, 11) is 2.87. The molecule has 10 heteroatoms. The Morgan fingerprint density at radius 3 is 2.53 bits per heavy atom. The van der Waals surface area contributed by atoms with Crippen molar-refractivity contribution < 1.29 is 23.9 Å². The van der Waals surface area contributed by atoms with Gasteiger partial charge < -0.3 is 20.1 Å². The third-order valence-corrected chi connectivity index (χ3v) is 5.52. The topological polar surface area (TPSA) is 97.0 Å². The lowest BCUT2D eigenvalue weighted by Crippen LogP contribution is -2.42. The molecular weight excluding hydrogens is 478 g/mol. The molecule has 1 fully saturated rings. The molecule has 0 aliphatic carbocycles. The van der Waals surface area contributed by atoms with Crippen LogP contribution in [0.1, 0.15) is 12.5 Å². The maximum atomic E-state index is 13.0. The summed E-state index contributed by atoms with van der Waals surface area (Å²) in [4.78, 5) is 38.9. The molecule has 0 unspecified atom stereocenters. The van der Waals surface area contributed by atoms with Crippen LogP contribution in [0.5, 0.6) is 11.5 Å². The van der Waals surface area contributed by atoms with Crippen LogP contribution in [0.4, 0.5) is 10.5 Å². The molecule has 1 atom stereocenters. The van der Waals surface area contributed by atoms with Gasteiger partial charge in [0, 0.05) is 16.6 Å². The van der Waals surface area contributed by atoms with E-state index < -0.39 is 29.9 Å².